The highest BCUT2D eigenvalue weighted by Gasteiger charge is 2.20. The van der Waals surface area contributed by atoms with Gasteiger partial charge in [-0.2, -0.15) is 0 Å². The van der Waals surface area contributed by atoms with Gasteiger partial charge in [0.2, 0.25) is 5.28 Å². The van der Waals surface area contributed by atoms with Gasteiger partial charge in [0.15, 0.2) is 9.84 Å². The molecule has 0 radical (unpaired) electrons. The van der Waals surface area contributed by atoms with Gasteiger partial charge in [0.1, 0.15) is 0 Å². The molecule has 1 aromatic heterocycles. The summed E-state index contributed by atoms with van der Waals surface area (Å²) < 4.78 is 29.6. The molecule has 2 aromatic rings. The highest BCUT2D eigenvalue weighted by molar-refractivity contribution is 7.91. The van der Waals surface area contributed by atoms with Crippen LogP contribution in [0.15, 0.2) is 24.3 Å². The van der Waals surface area contributed by atoms with Gasteiger partial charge in [-0.1, -0.05) is 24.3 Å². The number of fused-ring (bicyclic) bond motifs is 1. The van der Waals surface area contributed by atoms with E-state index in [1.807, 2.05) is 24.3 Å². The quantitative estimate of drug-likeness (QED) is 0.760. The molecular formula is C17H19ClN2O3S. The van der Waals surface area contributed by atoms with E-state index in [2.05, 4.69) is 9.97 Å². The highest BCUT2D eigenvalue weighted by Crippen LogP contribution is 2.24. The molecule has 1 aliphatic heterocycles. The zero-order chi connectivity index (χ0) is 17.3. The zero-order valence-corrected chi connectivity index (χ0v) is 15.2. The second kappa shape index (κ2) is 6.78. The summed E-state index contributed by atoms with van der Waals surface area (Å²) in [5, 5.41) is -0.171. The van der Waals surface area contributed by atoms with Crippen LogP contribution in [0.25, 0.3) is 0 Å². The van der Waals surface area contributed by atoms with Gasteiger partial charge < -0.3 is 4.74 Å². The van der Waals surface area contributed by atoms with Crippen molar-refractivity contribution in [2.45, 2.75) is 44.5 Å². The Bertz CT molecular complexity index is 866. The smallest absolute Gasteiger partial charge is 0.222 e. The van der Waals surface area contributed by atoms with Crippen LogP contribution in [0.5, 0.6) is 0 Å². The number of halogens is 1. The van der Waals surface area contributed by atoms with Crippen LogP contribution < -0.4 is 0 Å². The normalized spacial score (nSPS) is 14.2. The first kappa shape index (κ1) is 17.3. The lowest BCUT2D eigenvalue weighted by atomic mass is 10.0. The van der Waals surface area contributed by atoms with Crippen LogP contribution in [0.1, 0.15) is 41.9 Å². The van der Waals surface area contributed by atoms with Crippen molar-refractivity contribution >= 4 is 21.4 Å². The van der Waals surface area contributed by atoms with Crippen LogP contribution in [0.2, 0.25) is 5.28 Å². The Labute approximate surface area is 147 Å². The van der Waals surface area contributed by atoms with Crippen LogP contribution in [-0.2, 0) is 40.0 Å². The molecule has 1 aromatic carbocycles. The maximum atomic E-state index is 12.1. The average molecular weight is 367 g/mol. The fourth-order valence-electron chi connectivity index (χ4n) is 2.65. The summed E-state index contributed by atoms with van der Waals surface area (Å²) in [4.78, 5) is 8.52. The molecule has 0 N–H and O–H groups in total. The van der Waals surface area contributed by atoms with Crippen LogP contribution in [0.4, 0.5) is 0 Å². The molecular weight excluding hydrogens is 348 g/mol. The predicted molar refractivity (Wildman–Crippen MR) is 92.5 cm³/mol. The van der Waals surface area contributed by atoms with E-state index in [4.69, 9.17) is 16.3 Å². The molecule has 0 amide bonds. The Balaban J connectivity index is 1.86. The molecule has 0 aliphatic carbocycles. The number of ether oxygens (including phenoxy) is 1. The Kier molecular flexibility index (Phi) is 4.90. The standard InChI is InChI=1S/C17H19ClN2O3S/c1-11(2)24(21,22)10-13-5-3-4-12(6-13)7-15-14-8-23-9-16(14)20-17(18)19-15/h3-6,11H,7-10H2,1-2H3. The van der Waals surface area contributed by atoms with Crippen molar-refractivity contribution in [2.24, 2.45) is 0 Å². The first-order chi connectivity index (χ1) is 11.3. The zero-order valence-electron chi connectivity index (χ0n) is 13.6. The summed E-state index contributed by atoms with van der Waals surface area (Å²) in [6, 6.07) is 7.59. The lowest BCUT2D eigenvalue weighted by Crippen LogP contribution is -2.16. The summed E-state index contributed by atoms with van der Waals surface area (Å²) in [6.45, 7) is 4.34. The van der Waals surface area contributed by atoms with Gasteiger partial charge in [0.05, 0.1) is 35.6 Å². The van der Waals surface area contributed by atoms with Gasteiger partial charge in [-0.25, -0.2) is 18.4 Å². The lowest BCUT2D eigenvalue weighted by molar-refractivity contribution is 0.133. The largest absolute Gasteiger partial charge is 0.370 e. The van der Waals surface area contributed by atoms with Crippen LogP contribution >= 0.6 is 11.6 Å². The molecule has 2 heterocycles. The van der Waals surface area contributed by atoms with Crippen molar-refractivity contribution in [3.63, 3.8) is 0 Å². The molecule has 0 saturated heterocycles. The summed E-state index contributed by atoms with van der Waals surface area (Å²) in [5.41, 5.74) is 4.44. The van der Waals surface area contributed by atoms with E-state index in [9.17, 15) is 8.42 Å². The SMILES string of the molecule is CC(C)S(=O)(=O)Cc1cccc(Cc2nc(Cl)nc3c2COC3)c1. The van der Waals surface area contributed by atoms with E-state index in [1.54, 1.807) is 13.8 Å². The number of nitrogens with zero attached hydrogens (tertiary/aromatic N) is 2. The Morgan fingerprint density at radius 2 is 1.96 bits per heavy atom. The molecule has 24 heavy (non-hydrogen) atoms. The number of rotatable bonds is 5. The van der Waals surface area contributed by atoms with Crippen molar-refractivity contribution < 1.29 is 13.2 Å². The maximum absolute atomic E-state index is 12.1. The summed E-state index contributed by atoms with van der Waals surface area (Å²) in [7, 11) is -3.12. The summed E-state index contributed by atoms with van der Waals surface area (Å²) in [6.07, 6.45) is 0.573. The number of hydrogen-bond donors (Lipinski definition) is 0. The molecule has 3 rings (SSSR count). The molecule has 0 bridgehead atoms. The van der Waals surface area contributed by atoms with Crippen molar-refractivity contribution in [1.29, 1.82) is 0 Å². The Morgan fingerprint density at radius 3 is 2.71 bits per heavy atom. The van der Waals surface area contributed by atoms with Gasteiger partial charge in [-0.3, -0.25) is 0 Å². The molecule has 0 unspecified atom stereocenters. The molecule has 0 atom stereocenters. The lowest BCUT2D eigenvalue weighted by Gasteiger charge is -2.10. The molecule has 5 nitrogen and oxygen atoms in total. The van der Waals surface area contributed by atoms with Crippen molar-refractivity contribution in [3.05, 3.63) is 57.6 Å². The molecule has 0 saturated carbocycles. The van der Waals surface area contributed by atoms with Crippen LogP contribution in [-0.4, -0.2) is 23.6 Å². The topological polar surface area (TPSA) is 69.2 Å². The Hall–Kier alpha value is -1.50. The van der Waals surface area contributed by atoms with Crippen LogP contribution in [0.3, 0.4) is 0 Å². The molecule has 128 valence electrons. The van der Waals surface area contributed by atoms with Gasteiger partial charge in [0.25, 0.3) is 0 Å². The Morgan fingerprint density at radius 1 is 1.21 bits per heavy atom. The number of hydrogen-bond acceptors (Lipinski definition) is 5. The highest BCUT2D eigenvalue weighted by atomic mass is 35.5. The molecule has 0 fully saturated rings. The number of sulfone groups is 1. The third-order valence-electron chi connectivity index (χ3n) is 4.09. The molecule has 0 spiro atoms. The summed E-state index contributed by atoms with van der Waals surface area (Å²) >= 11 is 5.99. The fraction of sp³-hybridized carbons (Fsp3) is 0.412. The van der Waals surface area contributed by atoms with Gasteiger partial charge in [-0.05, 0) is 36.6 Å². The van der Waals surface area contributed by atoms with Crippen molar-refractivity contribution in [3.8, 4) is 0 Å². The van der Waals surface area contributed by atoms with Gasteiger partial charge in [-0.15, -0.1) is 0 Å². The minimum Gasteiger partial charge on any atom is -0.370 e. The monoisotopic (exact) mass is 366 g/mol. The van der Waals surface area contributed by atoms with Gasteiger partial charge in [0, 0.05) is 12.0 Å². The van der Waals surface area contributed by atoms with E-state index in [1.165, 1.54) is 0 Å². The maximum Gasteiger partial charge on any atom is 0.222 e. The first-order valence-electron chi connectivity index (χ1n) is 7.76. The van der Waals surface area contributed by atoms with Crippen molar-refractivity contribution in [2.75, 3.05) is 0 Å². The van der Waals surface area contributed by atoms with E-state index in [0.29, 0.717) is 19.6 Å². The number of benzene rings is 1. The minimum atomic E-state index is -3.12. The van der Waals surface area contributed by atoms with Gasteiger partial charge >= 0.3 is 0 Å². The van der Waals surface area contributed by atoms with Crippen LogP contribution in [0, 0.1) is 0 Å². The fourth-order valence-corrected chi connectivity index (χ4v) is 3.83. The van der Waals surface area contributed by atoms with E-state index in [-0.39, 0.29) is 16.3 Å². The number of aromatic nitrogens is 2. The predicted octanol–water partition coefficient (Wildman–Crippen LogP) is 3.07. The van der Waals surface area contributed by atoms with E-state index < -0.39 is 9.84 Å². The van der Waals surface area contributed by atoms with Crippen molar-refractivity contribution in [1.82, 2.24) is 9.97 Å². The second-order valence-corrected chi connectivity index (χ2v) is 9.11. The summed E-state index contributed by atoms with van der Waals surface area (Å²) in [5.74, 6) is 0.0459. The average Bonchev–Trinajstić information content (AvgIpc) is 2.95. The third-order valence-corrected chi connectivity index (χ3v) is 6.43. The molecule has 7 heteroatoms. The first-order valence-corrected chi connectivity index (χ1v) is 9.86. The second-order valence-electron chi connectivity index (χ2n) is 6.21. The minimum absolute atomic E-state index is 0.0459. The van der Waals surface area contributed by atoms with E-state index >= 15 is 0 Å². The third kappa shape index (κ3) is 3.77. The molecule has 1 aliphatic rings. The van der Waals surface area contributed by atoms with E-state index in [0.717, 1.165) is 28.1 Å².